The van der Waals surface area contributed by atoms with E-state index >= 15 is 0 Å². The van der Waals surface area contributed by atoms with Gasteiger partial charge in [0.15, 0.2) is 0 Å². The third-order valence-electron chi connectivity index (χ3n) is 4.74. The first-order chi connectivity index (χ1) is 12.1. The molecule has 140 valence electrons. The lowest BCUT2D eigenvalue weighted by Gasteiger charge is -2.44. The molecular weight excluding hydrogens is 356 g/mol. The minimum atomic E-state index is -1.04. The largest absolute Gasteiger partial charge is 0.480 e. The molecule has 8 nitrogen and oxygen atoms in total. The van der Waals surface area contributed by atoms with Crippen LogP contribution in [0.4, 0.5) is 0 Å². The van der Waals surface area contributed by atoms with Crippen molar-refractivity contribution >= 4 is 29.5 Å². The summed E-state index contributed by atoms with van der Waals surface area (Å²) in [5.41, 5.74) is 0.710. The molecule has 1 aromatic carbocycles. The molecule has 9 heteroatoms. The van der Waals surface area contributed by atoms with Crippen molar-refractivity contribution in [2.24, 2.45) is 5.84 Å². The van der Waals surface area contributed by atoms with Gasteiger partial charge in [0.2, 0.25) is 11.8 Å². The summed E-state index contributed by atoms with van der Waals surface area (Å²) in [4.78, 5) is 38.2. The Morgan fingerprint density at radius 2 is 1.96 bits per heavy atom. The zero-order valence-electron chi connectivity index (χ0n) is 14.7. The fraction of sp³-hybridized carbons (Fsp3) is 0.471. The Labute approximate surface area is 155 Å². The summed E-state index contributed by atoms with van der Waals surface area (Å²) in [6, 6.07) is 6.64. The van der Waals surface area contributed by atoms with Crippen LogP contribution in [-0.4, -0.2) is 62.1 Å². The van der Waals surface area contributed by atoms with Gasteiger partial charge in [0.05, 0.1) is 0 Å². The monoisotopic (exact) mass is 378 g/mol. The van der Waals surface area contributed by atoms with Gasteiger partial charge < -0.3 is 15.3 Å². The van der Waals surface area contributed by atoms with E-state index in [1.807, 2.05) is 18.2 Å². The highest BCUT2D eigenvalue weighted by Crippen LogP contribution is 2.50. The highest BCUT2D eigenvalue weighted by atomic mass is 32.2. The number of carboxylic acid groups (broad SMARTS) is 1. The first-order valence-corrected chi connectivity index (χ1v) is 9.09. The molecule has 3 rings (SSSR count). The smallest absolute Gasteiger partial charge is 0.327 e. The molecule has 2 saturated heterocycles. The van der Waals surface area contributed by atoms with E-state index < -0.39 is 34.7 Å². The number of carbonyl (C=O) groups excluding carboxylic acids is 2. The van der Waals surface area contributed by atoms with E-state index in [1.54, 1.807) is 33.0 Å². The first kappa shape index (κ1) is 18.7. The van der Waals surface area contributed by atoms with Crippen molar-refractivity contribution in [1.82, 2.24) is 15.2 Å². The van der Waals surface area contributed by atoms with Crippen molar-refractivity contribution in [2.45, 2.75) is 42.1 Å². The number of carbonyl (C=O) groups is 3. The number of likely N-dealkylation sites (N-methyl/N-ethyl adjacent to an activating group) is 1. The maximum Gasteiger partial charge on any atom is 0.327 e. The van der Waals surface area contributed by atoms with Crippen LogP contribution in [0.2, 0.25) is 0 Å². The molecule has 0 radical (unpaired) electrons. The molecule has 2 fully saturated rings. The van der Waals surface area contributed by atoms with Crippen molar-refractivity contribution < 1.29 is 19.5 Å². The molecule has 2 aliphatic heterocycles. The van der Waals surface area contributed by atoms with Crippen LogP contribution in [0.1, 0.15) is 25.5 Å². The molecule has 1 aromatic rings. The van der Waals surface area contributed by atoms with E-state index in [4.69, 9.17) is 5.84 Å². The molecule has 0 bridgehead atoms. The number of carboxylic acids is 1. The molecule has 26 heavy (non-hydrogen) atoms. The summed E-state index contributed by atoms with van der Waals surface area (Å²) in [6.07, 6.45) is 0. The fourth-order valence-electron chi connectivity index (χ4n) is 3.58. The summed E-state index contributed by atoms with van der Waals surface area (Å²) in [5.74, 6) is 4.04. The molecule has 0 spiro atoms. The Kier molecular flexibility index (Phi) is 4.72. The standard InChI is InChI=1S/C17H22N4O4S/c1-17(2)12(16(24)25)21-14(23)10(15(21)26-17)19-13(22)11(20(3)18)9-7-5-4-6-8-9/h4-8,10-12,15H,18H2,1-3H3,(H,19,22)(H,24,25)/t10-,11-,12+,15-/m1/s1. The minimum Gasteiger partial charge on any atom is -0.480 e. The normalized spacial score (nSPS) is 27.7. The maximum absolute atomic E-state index is 12.8. The molecule has 0 aromatic heterocycles. The third kappa shape index (κ3) is 2.95. The predicted molar refractivity (Wildman–Crippen MR) is 96.8 cm³/mol. The third-order valence-corrected chi connectivity index (χ3v) is 6.32. The van der Waals surface area contributed by atoms with Gasteiger partial charge in [-0.15, -0.1) is 11.8 Å². The zero-order chi connectivity index (χ0) is 19.2. The number of benzene rings is 1. The van der Waals surface area contributed by atoms with E-state index in [9.17, 15) is 19.5 Å². The second-order valence-electron chi connectivity index (χ2n) is 7.06. The lowest BCUT2D eigenvalue weighted by Crippen LogP contribution is -2.71. The Morgan fingerprint density at radius 1 is 1.35 bits per heavy atom. The number of hydrogen-bond acceptors (Lipinski definition) is 6. The Hall–Kier alpha value is -2.10. The highest BCUT2D eigenvalue weighted by Gasteiger charge is 2.64. The number of thioether (sulfide) groups is 1. The molecule has 2 aliphatic rings. The number of nitrogens with one attached hydrogen (secondary N) is 1. The van der Waals surface area contributed by atoms with E-state index in [1.165, 1.54) is 21.7 Å². The molecular formula is C17H22N4O4S. The average molecular weight is 378 g/mol. The van der Waals surface area contributed by atoms with E-state index in [-0.39, 0.29) is 11.3 Å². The Morgan fingerprint density at radius 3 is 2.50 bits per heavy atom. The van der Waals surface area contributed by atoms with Crippen molar-refractivity contribution in [3.8, 4) is 0 Å². The van der Waals surface area contributed by atoms with Crippen LogP contribution >= 0.6 is 11.8 Å². The summed E-state index contributed by atoms with van der Waals surface area (Å²) in [5, 5.41) is 13.1. The number of nitrogens with zero attached hydrogens (tertiary/aromatic N) is 2. The lowest BCUT2D eigenvalue weighted by atomic mass is 9.95. The number of β-lactam (4-membered cyclic amide) rings is 1. The van der Waals surface area contributed by atoms with E-state index in [0.29, 0.717) is 5.56 Å². The molecule has 0 saturated carbocycles. The summed E-state index contributed by atoms with van der Waals surface area (Å²) in [6.45, 7) is 3.59. The predicted octanol–water partition coefficient (Wildman–Crippen LogP) is 0.165. The lowest BCUT2D eigenvalue weighted by molar-refractivity contribution is -0.161. The maximum atomic E-state index is 12.8. The van der Waals surface area contributed by atoms with Gasteiger partial charge in [0.25, 0.3) is 0 Å². The van der Waals surface area contributed by atoms with Crippen LogP contribution in [-0.2, 0) is 14.4 Å². The summed E-state index contributed by atoms with van der Waals surface area (Å²) < 4.78 is -0.630. The Balaban J connectivity index is 1.77. The van der Waals surface area contributed by atoms with Gasteiger partial charge in [-0.3, -0.25) is 15.4 Å². The number of fused-ring (bicyclic) bond motifs is 1. The zero-order valence-corrected chi connectivity index (χ0v) is 15.6. The highest BCUT2D eigenvalue weighted by molar-refractivity contribution is 8.01. The van der Waals surface area contributed by atoms with Gasteiger partial charge >= 0.3 is 5.97 Å². The number of amides is 2. The number of hydrogen-bond donors (Lipinski definition) is 3. The second kappa shape index (κ2) is 6.57. The van der Waals surface area contributed by atoms with Crippen molar-refractivity contribution in [1.29, 1.82) is 0 Å². The van der Waals surface area contributed by atoms with Crippen LogP contribution in [0.25, 0.3) is 0 Å². The molecule has 2 amide bonds. The van der Waals surface area contributed by atoms with Gasteiger partial charge in [-0.2, -0.15) is 0 Å². The van der Waals surface area contributed by atoms with Crippen LogP contribution in [0.5, 0.6) is 0 Å². The van der Waals surface area contributed by atoms with Crippen LogP contribution in [0, 0.1) is 0 Å². The first-order valence-electron chi connectivity index (χ1n) is 8.21. The van der Waals surface area contributed by atoms with Gasteiger partial charge in [-0.05, 0) is 19.4 Å². The molecule has 0 unspecified atom stereocenters. The Bertz CT molecular complexity index is 740. The molecule has 4 N–H and O–H groups in total. The second-order valence-corrected chi connectivity index (χ2v) is 8.83. The van der Waals surface area contributed by atoms with Crippen LogP contribution in [0.3, 0.4) is 0 Å². The SMILES string of the molecule is CN(N)[C@@H](C(=O)N[C@@H]1C(=O)N2[C@@H]1SC(C)(C)[C@@H]2C(=O)O)c1ccccc1. The van der Waals surface area contributed by atoms with Crippen LogP contribution in [0.15, 0.2) is 30.3 Å². The van der Waals surface area contributed by atoms with Crippen molar-refractivity contribution in [3.05, 3.63) is 35.9 Å². The molecule has 4 atom stereocenters. The number of hydrazine groups is 1. The number of nitrogens with two attached hydrogens (primary N) is 1. The van der Waals surface area contributed by atoms with Gasteiger partial charge in [0.1, 0.15) is 23.5 Å². The topological polar surface area (TPSA) is 116 Å². The quantitative estimate of drug-likeness (QED) is 0.380. The summed E-state index contributed by atoms with van der Waals surface area (Å²) >= 11 is 1.39. The van der Waals surface area contributed by atoms with Gasteiger partial charge in [-0.25, -0.2) is 9.80 Å². The van der Waals surface area contributed by atoms with Crippen LogP contribution < -0.4 is 11.2 Å². The molecule has 2 heterocycles. The fourth-order valence-corrected chi connectivity index (χ4v) is 5.21. The minimum absolute atomic E-state index is 0.375. The van der Waals surface area contributed by atoms with E-state index in [2.05, 4.69) is 5.32 Å². The summed E-state index contributed by atoms with van der Waals surface area (Å²) in [7, 11) is 1.58. The van der Waals surface area contributed by atoms with E-state index in [0.717, 1.165) is 0 Å². The number of rotatable bonds is 5. The van der Waals surface area contributed by atoms with Crippen molar-refractivity contribution in [2.75, 3.05) is 7.05 Å². The van der Waals surface area contributed by atoms with Gasteiger partial charge in [-0.1, -0.05) is 30.3 Å². The number of aliphatic carboxylic acids is 1. The van der Waals surface area contributed by atoms with Crippen molar-refractivity contribution in [3.63, 3.8) is 0 Å². The average Bonchev–Trinajstić information content (AvgIpc) is 2.82. The molecule has 0 aliphatic carbocycles. The van der Waals surface area contributed by atoms with Gasteiger partial charge in [0, 0.05) is 11.8 Å².